The van der Waals surface area contributed by atoms with E-state index in [0.29, 0.717) is 5.69 Å². The highest BCUT2D eigenvalue weighted by Gasteiger charge is 2.24. The zero-order chi connectivity index (χ0) is 19.3. The molecule has 4 rings (SSSR count). The number of nitrogens with zero attached hydrogens (tertiary/aromatic N) is 3. The van der Waals surface area contributed by atoms with Crippen LogP contribution in [0.15, 0.2) is 59.7 Å². The Morgan fingerprint density at radius 1 is 1.21 bits per heavy atom. The molecule has 1 aromatic carbocycles. The summed E-state index contributed by atoms with van der Waals surface area (Å²) in [7, 11) is 1.69. The van der Waals surface area contributed by atoms with Gasteiger partial charge in [0, 0.05) is 43.0 Å². The molecule has 1 fully saturated rings. The van der Waals surface area contributed by atoms with Crippen molar-refractivity contribution in [3.63, 3.8) is 0 Å². The molecule has 0 radical (unpaired) electrons. The Morgan fingerprint density at radius 2 is 2.07 bits per heavy atom. The molecule has 0 amide bonds. The van der Waals surface area contributed by atoms with Crippen LogP contribution < -0.4 is 10.3 Å². The Labute approximate surface area is 164 Å². The van der Waals surface area contributed by atoms with Gasteiger partial charge in [-0.1, -0.05) is 12.1 Å². The molecule has 1 aliphatic heterocycles. The van der Waals surface area contributed by atoms with Gasteiger partial charge in [0.05, 0.1) is 12.8 Å². The van der Waals surface area contributed by atoms with Gasteiger partial charge < -0.3 is 9.72 Å². The minimum absolute atomic E-state index is 0.110. The van der Waals surface area contributed by atoms with E-state index in [9.17, 15) is 4.79 Å². The lowest BCUT2D eigenvalue weighted by Crippen LogP contribution is -2.35. The van der Waals surface area contributed by atoms with Crippen LogP contribution in [-0.2, 0) is 6.54 Å². The zero-order valence-corrected chi connectivity index (χ0v) is 16.0. The second-order valence-electron chi connectivity index (χ2n) is 7.18. The largest absolute Gasteiger partial charge is 0.497 e. The summed E-state index contributed by atoms with van der Waals surface area (Å²) in [5, 5.41) is 0. The van der Waals surface area contributed by atoms with Gasteiger partial charge in [-0.3, -0.25) is 14.7 Å². The first-order valence-corrected chi connectivity index (χ1v) is 9.58. The van der Waals surface area contributed by atoms with Gasteiger partial charge >= 0.3 is 0 Å². The van der Waals surface area contributed by atoms with E-state index >= 15 is 0 Å². The highest BCUT2D eigenvalue weighted by atomic mass is 16.5. The van der Waals surface area contributed by atoms with Crippen LogP contribution in [0.25, 0.3) is 11.3 Å². The van der Waals surface area contributed by atoms with Gasteiger partial charge in [-0.15, -0.1) is 0 Å². The molecule has 2 aromatic heterocycles. The summed E-state index contributed by atoms with van der Waals surface area (Å²) in [6.45, 7) is 2.78. The van der Waals surface area contributed by atoms with Gasteiger partial charge in [-0.2, -0.15) is 0 Å². The number of ether oxygens (including phenoxy) is 1. The van der Waals surface area contributed by atoms with Crippen molar-refractivity contribution in [2.75, 3.05) is 20.2 Å². The maximum Gasteiger partial charge on any atom is 0.251 e. The number of hydrogen-bond acceptors (Lipinski definition) is 5. The molecule has 28 heavy (non-hydrogen) atoms. The highest BCUT2D eigenvalue weighted by molar-refractivity contribution is 5.57. The Balaban J connectivity index is 1.53. The van der Waals surface area contributed by atoms with Gasteiger partial charge in [-0.05, 0) is 49.2 Å². The van der Waals surface area contributed by atoms with Gasteiger partial charge in [0.15, 0.2) is 0 Å². The number of likely N-dealkylation sites (tertiary alicyclic amines) is 1. The summed E-state index contributed by atoms with van der Waals surface area (Å²) >= 11 is 0. The average Bonchev–Trinajstić information content (AvgIpc) is 2.74. The first-order chi connectivity index (χ1) is 13.7. The minimum Gasteiger partial charge on any atom is -0.497 e. The van der Waals surface area contributed by atoms with E-state index < -0.39 is 0 Å². The molecule has 3 heterocycles. The predicted octanol–water partition coefficient (Wildman–Crippen LogP) is 3.22. The average molecular weight is 376 g/mol. The van der Waals surface area contributed by atoms with Crippen LogP contribution in [0, 0.1) is 0 Å². The smallest absolute Gasteiger partial charge is 0.251 e. The van der Waals surface area contributed by atoms with Crippen LogP contribution in [0.2, 0.25) is 0 Å². The summed E-state index contributed by atoms with van der Waals surface area (Å²) in [6.07, 6.45) is 5.54. The molecule has 0 bridgehead atoms. The number of H-pyrrole nitrogens is 1. The molecular weight excluding hydrogens is 352 g/mol. The number of rotatable bonds is 5. The van der Waals surface area contributed by atoms with E-state index in [-0.39, 0.29) is 11.5 Å². The fraction of sp³-hybridized carbons (Fsp3) is 0.318. The zero-order valence-electron chi connectivity index (χ0n) is 16.0. The van der Waals surface area contributed by atoms with E-state index in [1.165, 1.54) is 5.56 Å². The number of benzene rings is 1. The molecule has 1 atom stereocenters. The first kappa shape index (κ1) is 18.4. The third-order valence-electron chi connectivity index (χ3n) is 5.17. The summed E-state index contributed by atoms with van der Waals surface area (Å²) in [4.78, 5) is 26.4. The third kappa shape index (κ3) is 4.28. The number of nitrogens with one attached hydrogen (secondary N) is 1. The summed E-state index contributed by atoms with van der Waals surface area (Å²) in [6, 6.07) is 13.5. The lowest BCUT2D eigenvalue weighted by Gasteiger charge is -2.32. The Morgan fingerprint density at radius 3 is 2.89 bits per heavy atom. The Kier molecular flexibility index (Phi) is 5.48. The third-order valence-corrected chi connectivity index (χ3v) is 5.17. The number of piperidine rings is 1. The molecule has 1 N–H and O–H groups in total. The highest BCUT2D eigenvalue weighted by Crippen LogP contribution is 2.27. The number of aromatic amines is 1. The van der Waals surface area contributed by atoms with Crippen LogP contribution in [0.1, 0.15) is 30.1 Å². The fourth-order valence-corrected chi connectivity index (χ4v) is 3.79. The van der Waals surface area contributed by atoms with E-state index in [0.717, 1.165) is 49.6 Å². The van der Waals surface area contributed by atoms with Crippen LogP contribution in [0.4, 0.5) is 0 Å². The van der Waals surface area contributed by atoms with Gasteiger partial charge in [0.1, 0.15) is 11.6 Å². The van der Waals surface area contributed by atoms with Crippen molar-refractivity contribution >= 4 is 0 Å². The van der Waals surface area contributed by atoms with E-state index in [1.54, 1.807) is 25.6 Å². The van der Waals surface area contributed by atoms with E-state index in [4.69, 9.17) is 9.72 Å². The van der Waals surface area contributed by atoms with Crippen molar-refractivity contribution < 1.29 is 4.74 Å². The first-order valence-electron chi connectivity index (χ1n) is 9.58. The second kappa shape index (κ2) is 8.35. The van der Waals surface area contributed by atoms with E-state index in [1.807, 2.05) is 24.3 Å². The number of aromatic nitrogens is 3. The van der Waals surface area contributed by atoms with Gasteiger partial charge in [0.2, 0.25) is 0 Å². The number of methoxy groups -OCH3 is 1. The Hall–Kier alpha value is -2.99. The molecule has 6 heteroatoms. The molecule has 3 aromatic rings. The number of pyridine rings is 1. The summed E-state index contributed by atoms with van der Waals surface area (Å²) in [5.41, 5.74) is 2.73. The van der Waals surface area contributed by atoms with Crippen molar-refractivity contribution in [1.82, 2.24) is 19.9 Å². The molecule has 0 spiro atoms. The van der Waals surface area contributed by atoms with Crippen molar-refractivity contribution in [1.29, 1.82) is 0 Å². The summed E-state index contributed by atoms with van der Waals surface area (Å²) in [5.74, 6) is 1.87. The van der Waals surface area contributed by atoms with Gasteiger partial charge in [-0.25, -0.2) is 4.98 Å². The predicted molar refractivity (Wildman–Crippen MR) is 108 cm³/mol. The second-order valence-corrected chi connectivity index (χ2v) is 7.18. The SMILES string of the molecule is COc1cccc(CN2CCCC(c3nc(-c4ccncc4)cc(=O)[nH]3)C2)c1. The molecule has 0 saturated carbocycles. The molecule has 1 aliphatic rings. The molecular formula is C22H24N4O2. The molecule has 1 saturated heterocycles. The van der Waals surface area contributed by atoms with Crippen molar-refractivity contribution in [3.05, 3.63) is 76.6 Å². The monoisotopic (exact) mass is 376 g/mol. The fourth-order valence-electron chi connectivity index (χ4n) is 3.79. The standard InChI is InChI=1S/C22H24N4O2/c1-28-19-6-2-4-16(12-19)14-26-11-3-5-18(15-26)22-24-20(13-21(27)25-22)17-7-9-23-10-8-17/h2,4,6-10,12-13,18H,3,5,11,14-15H2,1H3,(H,24,25,27). The lowest BCUT2D eigenvalue weighted by molar-refractivity contribution is 0.196. The molecule has 1 unspecified atom stereocenters. The van der Waals surface area contributed by atoms with Crippen LogP contribution in [0.3, 0.4) is 0 Å². The maximum atomic E-state index is 12.2. The number of hydrogen-bond donors (Lipinski definition) is 1. The normalized spacial score (nSPS) is 17.4. The minimum atomic E-state index is -0.110. The molecule has 6 nitrogen and oxygen atoms in total. The maximum absolute atomic E-state index is 12.2. The summed E-state index contributed by atoms with van der Waals surface area (Å²) < 4.78 is 5.33. The topological polar surface area (TPSA) is 71.1 Å². The van der Waals surface area contributed by atoms with Crippen LogP contribution >= 0.6 is 0 Å². The lowest BCUT2D eigenvalue weighted by atomic mass is 9.96. The Bertz CT molecular complexity index is 987. The molecule has 0 aliphatic carbocycles. The van der Waals surface area contributed by atoms with Crippen molar-refractivity contribution in [2.24, 2.45) is 0 Å². The van der Waals surface area contributed by atoms with Gasteiger partial charge in [0.25, 0.3) is 5.56 Å². The van der Waals surface area contributed by atoms with Crippen molar-refractivity contribution in [3.8, 4) is 17.0 Å². The van der Waals surface area contributed by atoms with Crippen LogP contribution in [0.5, 0.6) is 5.75 Å². The quantitative estimate of drug-likeness (QED) is 0.740. The van der Waals surface area contributed by atoms with Crippen LogP contribution in [-0.4, -0.2) is 40.1 Å². The van der Waals surface area contributed by atoms with E-state index in [2.05, 4.69) is 27.0 Å². The molecule has 144 valence electrons. The van der Waals surface area contributed by atoms with Crippen molar-refractivity contribution in [2.45, 2.75) is 25.3 Å².